The van der Waals surface area contributed by atoms with Gasteiger partial charge in [0.25, 0.3) is 0 Å². The highest BCUT2D eigenvalue weighted by Crippen LogP contribution is 2.29. The van der Waals surface area contributed by atoms with Crippen molar-refractivity contribution in [3.8, 4) is 0 Å². The molecule has 1 saturated heterocycles. The molecule has 0 bridgehead atoms. The lowest BCUT2D eigenvalue weighted by Gasteiger charge is -2.45. The van der Waals surface area contributed by atoms with Gasteiger partial charge < -0.3 is 15.7 Å². The van der Waals surface area contributed by atoms with Gasteiger partial charge in [-0.3, -0.25) is 14.5 Å². The Hall–Kier alpha value is -2.02. The van der Waals surface area contributed by atoms with Crippen molar-refractivity contribution < 1.29 is 9.59 Å². The van der Waals surface area contributed by atoms with Crippen LogP contribution in [0.1, 0.15) is 6.92 Å². The zero-order chi connectivity index (χ0) is 15.6. The van der Waals surface area contributed by atoms with E-state index in [4.69, 9.17) is 10.8 Å². The number of anilines is 1. The van der Waals surface area contributed by atoms with Crippen molar-refractivity contribution in [3.63, 3.8) is 0 Å². The molecule has 6 nitrogen and oxygen atoms in total. The third-order valence-corrected chi connectivity index (χ3v) is 3.94. The minimum atomic E-state index is -1.25. The molecule has 0 aromatic heterocycles. The standard InChI is InChI=1S/C14H15BrN4O2/c1-10(20)18-6-13(21)19(14(7-16,8-17)9-18)12-4-2-3-11(15)5-12/h2-5,7-8,16-17H,6,9H2,1H3. The fourth-order valence-electron chi connectivity index (χ4n) is 2.38. The van der Waals surface area contributed by atoms with Gasteiger partial charge in [-0.25, -0.2) is 0 Å². The molecule has 1 aromatic rings. The van der Waals surface area contributed by atoms with Crippen molar-refractivity contribution in [2.45, 2.75) is 12.5 Å². The summed E-state index contributed by atoms with van der Waals surface area (Å²) >= 11 is 3.35. The number of piperazine rings is 1. The average Bonchev–Trinajstić information content (AvgIpc) is 2.46. The molecular formula is C14H15BrN4O2. The minimum absolute atomic E-state index is 0.0503. The van der Waals surface area contributed by atoms with E-state index in [1.807, 2.05) is 6.07 Å². The van der Waals surface area contributed by atoms with Crippen LogP contribution >= 0.6 is 15.9 Å². The monoisotopic (exact) mass is 350 g/mol. The molecule has 0 radical (unpaired) electrons. The molecule has 21 heavy (non-hydrogen) atoms. The normalized spacial score (nSPS) is 22.1. The second-order valence-electron chi connectivity index (χ2n) is 4.86. The smallest absolute Gasteiger partial charge is 0.247 e. The molecule has 1 heterocycles. The van der Waals surface area contributed by atoms with E-state index in [-0.39, 0.29) is 24.9 Å². The van der Waals surface area contributed by atoms with Gasteiger partial charge in [-0.1, -0.05) is 22.0 Å². The van der Waals surface area contributed by atoms with Crippen LogP contribution in [-0.4, -0.2) is 47.8 Å². The minimum Gasteiger partial charge on any atom is -0.330 e. The second-order valence-corrected chi connectivity index (χ2v) is 5.78. The van der Waals surface area contributed by atoms with Crippen LogP contribution in [0.3, 0.4) is 0 Å². The second kappa shape index (κ2) is 5.77. The van der Waals surface area contributed by atoms with Crippen LogP contribution in [0.15, 0.2) is 28.7 Å². The van der Waals surface area contributed by atoms with Crippen LogP contribution in [0.4, 0.5) is 5.69 Å². The Bertz CT molecular complexity index is 609. The molecule has 1 aliphatic heterocycles. The van der Waals surface area contributed by atoms with Gasteiger partial charge in [0, 0.05) is 29.5 Å². The molecule has 1 fully saturated rings. The molecule has 0 saturated carbocycles. The SMILES string of the molecule is CC(=O)N1CC(=O)N(c2cccc(Br)c2)C(C=N)(C=N)C1. The number of nitrogens with zero attached hydrogens (tertiary/aromatic N) is 2. The Labute approximate surface area is 130 Å². The first-order valence-corrected chi connectivity index (χ1v) is 7.10. The van der Waals surface area contributed by atoms with Crippen molar-refractivity contribution in [1.82, 2.24) is 4.90 Å². The lowest BCUT2D eigenvalue weighted by molar-refractivity contribution is -0.136. The Balaban J connectivity index is 2.52. The van der Waals surface area contributed by atoms with E-state index in [1.165, 1.54) is 16.7 Å². The molecule has 7 heteroatoms. The summed E-state index contributed by atoms with van der Waals surface area (Å²) in [5.74, 6) is -0.563. The Morgan fingerprint density at radius 2 is 2.05 bits per heavy atom. The Kier molecular flexibility index (Phi) is 4.22. The Morgan fingerprint density at radius 1 is 1.38 bits per heavy atom. The number of halogens is 1. The lowest BCUT2D eigenvalue weighted by atomic mass is 9.95. The molecule has 110 valence electrons. The number of carbonyl (C=O) groups is 2. The summed E-state index contributed by atoms with van der Waals surface area (Å²) in [4.78, 5) is 26.8. The van der Waals surface area contributed by atoms with Gasteiger partial charge in [-0.15, -0.1) is 0 Å². The number of hydrogen-bond acceptors (Lipinski definition) is 4. The van der Waals surface area contributed by atoms with Crippen LogP contribution in [0.5, 0.6) is 0 Å². The molecular weight excluding hydrogens is 336 g/mol. The number of benzene rings is 1. The van der Waals surface area contributed by atoms with Crippen molar-refractivity contribution in [3.05, 3.63) is 28.7 Å². The van der Waals surface area contributed by atoms with Gasteiger partial charge in [0.05, 0.1) is 6.54 Å². The van der Waals surface area contributed by atoms with Gasteiger partial charge in [-0.2, -0.15) is 0 Å². The number of nitrogens with one attached hydrogen (secondary N) is 2. The van der Waals surface area contributed by atoms with Crippen LogP contribution in [0.25, 0.3) is 0 Å². The highest BCUT2D eigenvalue weighted by atomic mass is 79.9. The highest BCUT2D eigenvalue weighted by molar-refractivity contribution is 9.10. The zero-order valence-corrected chi connectivity index (χ0v) is 13.1. The van der Waals surface area contributed by atoms with Crippen molar-refractivity contribution in [1.29, 1.82) is 10.8 Å². The lowest BCUT2D eigenvalue weighted by Crippen LogP contribution is -2.67. The summed E-state index contributed by atoms with van der Waals surface area (Å²) in [5, 5.41) is 15.4. The van der Waals surface area contributed by atoms with Crippen molar-refractivity contribution >= 4 is 45.9 Å². The molecule has 0 aliphatic carbocycles. The van der Waals surface area contributed by atoms with E-state index in [9.17, 15) is 9.59 Å². The fourth-order valence-corrected chi connectivity index (χ4v) is 2.77. The summed E-state index contributed by atoms with van der Waals surface area (Å²) in [6, 6.07) is 7.11. The number of amides is 2. The molecule has 0 unspecified atom stereocenters. The number of carbonyl (C=O) groups excluding carboxylic acids is 2. The zero-order valence-electron chi connectivity index (χ0n) is 11.5. The topological polar surface area (TPSA) is 88.3 Å². The third-order valence-electron chi connectivity index (χ3n) is 3.45. The fraction of sp³-hybridized carbons (Fsp3) is 0.286. The van der Waals surface area contributed by atoms with Crippen LogP contribution in [0, 0.1) is 10.8 Å². The van der Waals surface area contributed by atoms with E-state index in [1.54, 1.807) is 18.2 Å². The van der Waals surface area contributed by atoms with Gasteiger partial charge >= 0.3 is 0 Å². The van der Waals surface area contributed by atoms with Gasteiger partial charge in [-0.05, 0) is 18.2 Å². The maximum Gasteiger partial charge on any atom is 0.247 e. The van der Waals surface area contributed by atoms with Crippen LogP contribution < -0.4 is 4.90 Å². The predicted octanol–water partition coefficient (Wildman–Crippen LogP) is 1.68. The van der Waals surface area contributed by atoms with E-state index < -0.39 is 5.54 Å². The van der Waals surface area contributed by atoms with E-state index in [0.717, 1.165) is 16.9 Å². The number of hydrogen-bond donors (Lipinski definition) is 2. The van der Waals surface area contributed by atoms with Gasteiger partial charge in [0.1, 0.15) is 12.1 Å². The predicted molar refractivity (Wildman–Crippen MR) is 84.2 cm³/mol. The quantitative estimate of drug-likeness (QED) is 0.812. The molecule has 2 amide bonds. The molecule has 0 spiro atoms. The molecule has 2 N–H and O–H groups in total. The molecule has 1 aromatic carbocycles. The van der Waals surface area contributed by atoms with Crippen molar-refractivity contribution in [2.24, 2.45) is 0 Å². The first kappa shape index (κ1) is 15.4. The van der Waals surface area contributed by atoms with Crippen LogP contribution in [0.2, 0.25) is 0 Å². The van der Waals surface area contributed by atoms with E-state index in [2.05, 4.69) is 15.9 Å². The highest BCUT2D eigenvalue weighted by Gasteiger charge is 2.44. The summed E-state index contributed by atoms with van der Waals surface area (Å²) in [7, 11) is 0. The first-order valence-electron chi connectivity index (χ1n) is 6.31. The van der Waals surface area contributed by atoms with Crippen LogP contribution in [-0.2, 0) is 9.59 Å². The maximum atomic E-state index is 12.5. The molecule has 2 rings (SSSR count). The number of rotatable bonds is 3. The molecule has 0 atom stereocenters. The largest absolute Gasteiger partial charge is 0.330 e. The molecule has 1 aliphatic rings. The summed E-state index contributed by atoms with van der Waals surface area (Å²) < 4.78 is 0.797. The summed E-state index contributed by atoms with van der Waals surface area (Å²) in [6.45, 7) is 1.43. The van der Waals surface area contributed by atoms with E-state index in [0.29, 0.717) is 5.69 Å². The summed E-state index contributed by atoms with van der Waals surface area (Å²) in [5.41, 5.74) is -0.661. The van der Waals surface area contributed by atoms with Gasteiger partial charge in [0.15, 0.2) is 0 Å². The van der Waals surface area contributed by atoms with Gasteiger partial charge in [0.2, 0.25) is 11.8 Å². The van der Waals surface area contributed by atoms with Crippen molar-refractivity contribution in [2.75, 3.05) is 18.0 Å². The first-order chi connectivity index (χ1) is 9.93. The third kappa shape index (κ3) is 2.73. The van der Waals surface area contributed by atoms with E-state index >= 15 is 0 Å². The maximum absolute atomic E-state index is 12.5. The summed E-state index contributed by atoms with van der Waals surface area (Å²) in [6.07, 6.45) is 2.07. The average molecular weight is 351 g/mol. The Morgan fingerprint density at radius 3 is 2.57 bits per heavy atom.